The van der Waals surface area contributed by atoms with Gasteiger partial charge in [0, 0.05) is 13.0 Å². The van der Waals surface area contributed by atoms with E-state index in [9.17, 15) is 34.2 Å². The Labute approximate surface area is 186 Å². The zero-order valence-corrected chi connectivity index (χ0v) is 18.6. The van der Waals surface area contributed by atoms with Gasteiger partial charge in [-0.25, -0.2) is 4.79 Å². The van der Waals surface area contributed by atoms with Crippen LogP contribution in [0.15, 0.2) is 0 Å². The summed E-state index contributed by atoms with van der Waals surface area (Å²) >= 11 is 0. The van der Waals surface area contributed by atoms with Crippen LogP contribution in [-0.2, 0) is 24.0 Å². The molecular formula is C20H34N4O8. The highest BCUT2D eigenvalue weighted by molar-refractivity contribution is 5.94. The molecule has 6 unspecified atom stereocenters. The summed E-state index contributed by atoms with van der Waals surface area (Å²) in [4.78, 5) is 61.5. The number of nitrogens with zero attached hydrogens (tertiary/aromatic N) is 1. The van der Waals surface area contributed by atoms with Crippen molar-refractivity contribution >= 4 is 29.7 Å². The Hall–Kier alpha value is -2.73. The number of amides is 3. The Bertz CT molecular complexity index is 714. The Morgan fingerprint density at radius 2 is 1.75 bits per heavy atom. The van der Waals surface area contributed by atoms with Gasteiger partial charge in [-0.2, -0.15) is 0 Å². The molecule has 1 aliphatic heterocycles. The highest BCUT2D eigenvalue weighted by Crippen LogP contribution is 2.21. The van der Waals surface area contributed by atoms with E-state index in [1.165, 1.54) is 11.8 Å². The molecular weight excluding hydrogens is 424 g/mol. The summed E-state index contributed by atoms with van der Waals surface area (Å²) in [6, 6.07) is -4.63. The lowest BCUT2D eigenvalue weighted by atomic mass is 9.98. The molecule has 12 nitrogen and oxygen atoms in total. The van der Waals surface area contributed by atoms with Gasteiger partial charge in [0.15, 0.2) is 0 Å². The first-order chi connectivity index (χ1) is 14.9. The third-order valence-electron chi connectivity index (χ3n) is 5.70. The summed E-state index contributed by atoms with van der Waals surface area (Å²) in [5.41, 5.74) is 6.02. The summed E-state index contributed by atoms with van der Waals surface area (Å²) in [6.07, 6.45) is -0.614. The first-order valence-electron chi connectivity index (χ1n) is 10.7. The predicted octanol–water partition coefficient (Wildman–Crippen LogP) is -1.35. The maximum atomic E-state index is 12.8. The molecule has 32 heavy (non-hydrogen) atoms. The molecule has 0 bridgehead atoms. The zero-order valence-electron chi connectivity index (χ0n) is 18.6. The molecule has 12 heteroatoms. The van der Waals surface area contributed by atoms with Gasteiger partial charge in [0.25, 0.3) is 0 Å². The van der Waals surface area contributed by atoms with Gasteiger partial charge in [-0.3, -0.25) is 19.2 Å². The summed E-state index contributed by atoms with van der Waals surface area (Å²) in [6.45, 7) is 5.32. The molecule has 0 saturated carbocycles. The number of carbonyl (C=O) groups excluding carboxylic acids is 3. The van der Waals surface area contributed by atoms with Crippen molar-refractivity contribution in [3.8, 4) is 0 Å². The number of aliphatic hydroxyl groups excluding tert-OH is 1. The summed E-state index contributed by atoms with van der Waals surface area (Å²) in [5.74, 6) is -4.76. The summed E-state index contributed by atoms with van der Waals surface area (Å²) in [7, 11) is 0. The van der Waals surface area contributed by atoms with Gasteiger partial charge >= 0.3 is 11.9 Å². The highest BCUT2D eigenvalue weighted by atomic mass is 16.4. The minimum Gasteiger partial charge on any atom is -0.481 e. The number of carboxylic acid groups (broad SMARTS) is 2. The molecule has 1 heterocycles. The molecule has 0 spiro atoms. The van der Waals surface area contributed by atoms with Crippen LogP contribution in [0.4, 0.5) is 0 Å². The first-order valence-corrected chi connectivity index (χ1v) is 10.7. The monoisotopic (exact) mass is 458 g/mol. The number of hydrogen-bond donors (Lipinski definition) is 6. The second kappa shape index (κ2) is 12.3. The zero-order chi connectivity index (χ0) is 24.6. The molecule has 3 amide bonds. The number of nitrogens with two attached hydrogens (primary N) is 1. The molecule has 0 aromatic rings. The average Bonchev–Trinajstić information content (AvgIpc) is 3.22. The number of nitrogens with one attached hydrogen (secondary N) is 2. The number of carboxylic acids is 2. The SMILES string of the molecule is CCC(C)C(N)C(=O)N1CCCC1C(=O)NC(C(=O)NC(CCC(=O)O)C(=O)O)C(C)O. The molecule has 182 valence electrons. The second-order valence-electron chi connectivity index (χ2n) is 8.16. The van der Waals surface area contributed by atoms with Crippen LogP contribution in [-0.4, -0.2) is 86.7 Å². The molecule has 1 aliphatic rings. The lowest BCUT2D eigenvalue weighted by molar-refractivity contribution is -0.145. The molecule has 1 fully saturated rings. The molecule has 1 rings (SSSR count). The van der Waals surface area contributed by atoms with E-state index in [0.717, 1.165) is 0 Å². The molecule has 1 saturated heterocycles. The largest absolute Gasteiger partial charge is 0.481 e. The average molecular weight is 459 g/mol. The van der Waals surface area contributed by atoms with E-state index in [4.69, 9.17) is 10.8 Å². The fourth-order valence-corrected chi connectivity index (χ4v) is 3.43. The van der Waals surface area contributed by atoms with Gasteiger partial charge in [0.05, 0.1) is 12.1 Å². The van der Waals surface area contributed by atoms with E-state index in [1.54, 1.807) is 0 Å². The fourth-order valence-electron chi connectivity index (χ4n) is 3.43. The van der Waals surface area contributed by atoms with Gasteiger partial charge in [0.1, 0.15) is 18.1 Å². The van der Waals surface area contributed by atoms with E-state index in [1.807, 2.05) is 13.8 Å². The van der Waals surface area contributed by atoms with Crippen LogP contribution in [0.25, 0.3) is 0 Å². The van der Waals surface area contributed by atoms with Crippen molar-refractivity contribution in [3.63, 3.8) is 0 Å². The summed E-state index contributed by atoms with van der Waals surface area (Å²) < 4.78 is 0. The second-order valence-corrected chi connectivity index (χ2v) is 8.16. The minimum atomic E-state index is -1.50. The normalized spacial score (nSPS) is 20.5. The molecule has 0 aromatic heterocycles. The minimum absolute atomic E-state index is 0.0819. The van der Waals surface area contributed by atoms with Crippen LogP contribution >= 0.6 is 0 Å². The first kappa shape index (κ1) is 27.3. The van der Waals surface area contributed by atoms with E-state index in [-0.39, 0.29) is 18.2 Å². The van der Waals surface area contributed by atoms with Crippen molar-refractivity contribution in [2.75, 3.05) is 6.54 Å². The number of aliphatic carboxylic acids is 2. The van der Waals surface area contributed by atoms with Crippen molar-refractivity contribution in [2.24, 2.45) is 11.7 Å². The molecule has 0 aliphatic carbocycles. The van der Waals surface area contributed by atoms with Crippen molar-refractivity contribution in [2.45, 2.75) is 83.1 Å². The van der Waals surface area contributed by atoms with E-state index in [2.05, 4.69) is 10.6 Å². The van der Waals surface area contributed by atoms with Crippen molar-refractivity contribution < 1.29 is 39.3 Å². The number of likely N-dealkylation sites (tertiary alicyclic amines) is 1. The van der Waals surface area contributed by atoms with Crippen molar-refractivity contribution in [1.82, 2.24) is 15.5 Å². The molecule has 0 radical (unpaired) electrons. The van der Waals surface area contributed by atoms with E-state index in [0.29, 0.717) is 25.8 Å². The molecule has 7 N–H and O–H groups in total. The maximum Gasteiger partial charge on any atom is 0.326 e. The predicted molar refractivity (Wildman–Crippen MR) is 112 cm³/mol. The molecule has 0 aromatic carbocycles. The maximum absolute atomic E-state index is 12.8. The topological polar surface area (TPSA) is 199 Å². The van der Waals surface area contributed by atoms with Crippen LogP contribution < -0.4 is 16.4 Å². The third kappa shape index (κ3) is 7.45. The number of carbonyl (C=O) groups is 5. The van der Waals surface area contributed by atoms with Crippen LogP contribution in [0.5, 0.6) is 0 Å². The Morgan fingerprint density at radius 1 is 1.12 bits per heavy atom. The third-order valence-corrected chi connectivity index (χ3v) is 5.70. The van der Waals surface area contributed by atoms with Gasteiger partial charge in [-0.1, -0.05) is 20.3 Å². The number of aliphatic hydroxyl groups is 1. The van der Waals surface area contributed by atoms with E-state index < -0.39 is 60.4 Å². The van der Waals surface area contributed by atoms with Crippen LogP contribution in [0.1, 0.15) is 52.9 Å². The lowest BCUT2D eigenvalue weighted by Gasteiger charge is -2.30. The van der Waals surface area contributed by atoms with Gasteiger partial charge in [0.2, 0.25) is 17.7 Å². The lowest BCUT2D eigenvalue weighted by Crippen LogP contribution is -2.59. The summed E-state index contributed by atoms with van der Waals surface area (Å²) in [5, 5.41) is 32.5. The van der Waals surface area contributed by atoms with Crippen LogP contribution in [0, 0.1) is 5.92 Å². The van der Waals surface area contributed by atoms with Crippen molar-refractivity contribution in [3.05, 3.63) is 0 Å². The quantitative estimate of drug-likeness (QED) is 0.204. The fraction of sp³-hybridized carbons (Fsp3) is 0.750. The Morgan fingerprint density at radius 3 is 2.25 bits per heavy atom. The number of rotatable bonds is 12. The standard InChI is InChI=1S/C20H34N4O8/c1-4-10(2)15(21)19(30)24-9-5-6-13(24)17(28)23-16(11(3)25)18(29)22-12(20(31)32)7-8-14(26)27/h10-13,15-16,25H,4-9,21H2,1-3H3,(H,22,29)(H,23,28)(H,26,27)(H,31,32). The van der Waals surface area contributed by atoms with Gasteiger partial charge in [-0.15, -0.1) is 0 Å². The number of hydrogen-bond acceptors (Lipinski definition) is 7. The van der Waals surface area contributed by atoms with Crippen LogP contribution in [0.3, 0.4) is 0 Å². The van der Waals surface area contributed by atoms with Crippen LogP contribution in [0.2, 0.25) is 0 Å². The van der Waals surface area contributed by atoms with Gasteiger partial charge < -0.3 is 36.6 Å². The molecule has 6 atom stereocenters. The van der Waals surface area contributed by atoms with E-state index >= 15 is 0 Å². The Kier molecular flexibility index (Phi) is 10.5. The smallest absolute Gasteiger partial charge is 0.326 e. The van der Waals surface area contributed by atoms with Gasteiger partial charge in [-0.05, 0) is 32.1 Å². The highest BCUT2D eigenvalue weighted by Gasteiger charge is 2.39. The van der Waals surface area contributed by atoms with Crippen molar-refractivity contribution in [1.29, 1.82) is 0 Å². The Balaban J connectivity index is 2.88.